The maximum atomic E-state index is 12.8. The first-order valence-electron chi connectivity index (χ1n) is 8.71. The zero-order chi connectivity index (χ0) is 16.7. The molecule has 0 unspecified atom stereocenters. The van der Waals surface area contributed by atoms with Crippen LogP contribution in [0.4, 0.5) is 0 Å². The van der Waals surface area contributed by atoms with E-state index in [-0.39, 0.29) is 23.5 Å². The molecule has 1 saturated heterocycles. The molecular formula is C19H23NO4. The van der Waals surface area contributed by atoms with Crippen molar-refractivity contribution in [2.45, 2.75) is 44.8 Å². The van der Waals surface area contributed by atoms with Crippen molar-refractivity contribution in [1.82, 2.24) is 5.32 Å². The van der Waals surface area contributed by atoms with E-state index in [2.05, 4.69) is 12.2 Å². The number of carbonyl (C=O) groups is 1. The average Bonchev–Trinajstić information content (AvgIpc) is 3.05. The highest BCUT2D eigenvalue weighted by Crippen LogP contribution is 2.49. The lowest BCUT2D eigenvalue weighted by atomic mass is 9.58. The Morgan fingerprint density at radius 3 is 2.88 bits per heavy atom. The second kappa shape index (κ2) is 5.90. The monoisotopic (exact) mass is 329 g/mol. The minimum Gasteiger partial charge on any atom is -0.463 e. The maximum absolute atomic E-state index is 12.8. The van der Waals surface area contributed by atoms with Crippen molar-refractivity contribution in [3.63, 3.8) is 0 Å². The summed E-state index contributed by atoms with van der Waals surface area (Å²) in [5.74, 6) is -0.121. The molecule has 2 fully saturated rings. The van der Waals surface area contributed by atoms with Gasteiger partial charge in [0.05, 0.1) is 11.7 Å². The summed E-state index contributed by atoms with van der Waals surface area (Å²) in [5, 5.41) is 14.2. The number of rotatable bonds is 3. The van der Waals surface area contributed by atoms with Crippen LogP contribution in [-0.2, 0) is 11.2 Å². The molecule has 128 valence electrons. The standard InChI is InChI=1S/C19H23NO4/c1-2-12-3-4-15-13(9-12)14(11-24-15)18(22)20-16-10-17(21)19(16)5-7-23-8-6-19/h3-4,9,11,16-17,21H,2,5-8,10H2,1H3,(H,20,22)/t16-,17-/m1/s1. The van der Waals surface area contributed by atoms with Crippen LogP contribution in [0.1, 0.15) is 42.1 Å². The molecule has 2 atom stereocenters. The number of aliphatic hydroxyl groups excluding tert-OH is 1. The Kier molecular flexibility index (Phi) is 3.85. The number of amides is 1. The Hall–Kier alpha value is -1.85. The second-order valence-corrected chi connectivity index (χ2v) is 6.96. The normalized spacial score (nSPS) is 25.6. The quantitative estimate of drug-likeness (QED) is 0.908. The van der Waals surface area contributed by atoms with Gasteiger partial charge in [0, 0.05) is 30.1 Å². The molecule has 4 rings (SSSR count). The molecule has 1 aliphatic carbocycles. The molecule has 2 aliphatic rings. The Bertz CT molecular complexity index is 760. The van der Waals surface area contributed by atoms with Gasteiger partial charge in [0.1, 0.15) is 11.8 Å². The fraction of sp³-hybridized carbons (Fsp3) is 0.526. The zero-order valence-corrected chi connectivity index (χ0v) is 13.9. The minimum absolute atomic E-state index is 0.00297. The van der Waals surface area contributed by atoms with E-state index in [9.17, 15) is 9.90 Å². The highest BCUT2D eigenvalue weighted by atomic mass is 16.5. The fourth-order valence-electron chi connectivity index (χ4n) is 4.11. The highest BCUT2D eigenvalue weighted by molar-refractivity contribution is 6.06. The van der Waals surface area contributed by atoms with Crippen molar-refractivity contribution in [2.24, 2.45) is 5.41 Å². The van der Waals surface area contributed by atoms with E-state index < -0.39 is 0 Å². The Balaban J connectivity index is 1.56. The van der Waals surface area contributed by atoms with Crippen molar-refractivity contribution in [2.75, 3.05) is 13.2 Å². The summed E-state index contributed by atoms with van der Waals surface area (Å²) in [6.45, 7) is 3.39. The van der Waals surface area contributed by atoms with Crippen LogP contribution in [0.5, 0.6) is 0 Å². The molecule has 5 heteroatoms. The molecule has 1 aromatic heterocycles. The van der Waals surface area contributed by atoms with Gasteiger partial charge < -0.3 is 19.6 Å². The first-order valence-corrected chi connectivity index (χ1v) is 8.71. The van der Waals surface area contributed by atoms with E-state index in [1.54, 1.807) is 0 Å². The second-order valence-electron chi connectivity index (χ2n) is 6.96. The topological polar surface area (TPSA) is 71.7 Å². The van der Waals surface area contributed by atoms with E-state index >= 15 is 0 Å². The summed E-state index contributed by atoms with van der Waals surface area (Å²) < 4.78 is 10.9. The van der Waals surface area contributed by atoms with Crippen molar-refractivity contribution in [1.29, 1.82) is 0 Å². The van der Waals surface area contributed by atoms with Crippen LogP contribution in [0.25, 0.3) is 11.0 Å². The summed E-state index contributed by atoms with van der Waals surface area (Å²) in [7, 11) is 0. The predicted molar refractivity (Wildman–Crippen MR) is 90.0 cm³/mol. The summed E-state index contributed by atoms with van der Waals surface area (Å²) in [4.78, 5) is 12.8. The van der Waals surface area contributed by atoms with Crippen LogP contribution in [0.3, 0.4) is 0 Å². The number of fused-ring (bicyclic) bond motifs is 1. The van der Waals surface area contributed by atoms with Gasteiger partial charge in [0.25, 0.3) is 5.91 Å². The number of aryl methyl sites for hydroxylation is 1. The van der Waals surface area contributed by atoms with Gasteiger partial charge in [-0.25, -0.2) is 0 Å². The Labute approximate surface area is 141 Å². The number of benzene rings is 1. The van der Waals surface area contributed by atoms with E-state index in [0.29, 0.717) is 25.2 Å². The van der Waals surface area contributed by atoms with Crippen molar-refractivity contribution in [3.05, 3.63) is 35.6 Å². The summed E-state index contributed by atoms with van der Waals surface area (Å²) >= 11 is 0. The van der Waals surface area contributed by atoms with Gasteiger partial charge in [0.2, 0.25) is 0 Å². The molecule has 0 radical (unpaired) electrons. The third-order valence-corrected chi connectivity index (χ3v) is 5.84. The first kappa shape index (κ1) is 15.7. The number of hydrogen-bond donors (Lipinski definition) is 2. The number of carbonyl (C=O) groups excluding carboxylic acids is 1. The average molecular weight is 329 g/mol. The predicted octanol–water partition coefficient (Wildman–Crippen LogP) is 2.66. The largest absolute Gasteiger partial charge is 0.463 e. The summed E-state index contributed by atoms with van der Waals surface area (Å²) in [6.07, 6.45) is 4.31. The maximum Gasteiger partial charge on any atom is 0.255 e. The molecule has 2 heterocycles. The van der Waals surface area contributed by atoms with Crippen molar-refractivity contribution < 1.29 is 19.1 Å². The number of aliphatic hydroxyl groups is 1. The number of ether oxygens (including phenoxy) is 1. The van der Waals surface area contributed by atoms with Gasteiger partial charge in [-0.05, 0) is 43.4 Å². The van der Waals surface area contributed by atoms with Crippen LogP contribution >= 0.6 is 0 Å². The minimum atomic E-state index is -0.348. The van der Waals surface area contributed by atoms with Gasteiger partial charge >= 0.3 is 0 Å². The smallest absolute Gasteiger partial charge is 0.255 e. The van der Waals surface area contributed by atoms with E-state index in [1.807, 2.05) is 18.2 Å². The number of hydrogen-bond acceptors (Lipinski definition) is 4. The van der Waals surface area contributed by atoms with Gasteiger partial charge in [0.15, 0.2) is 0 Å². The Morgan fingerprint density at radius 1 is 1.38 bits per heavy atom. The molecule has 5 nitrogen and oxygen atoms in total. The summed E-state index contributed by atoms with van der Waals surface area (Å²) in [6, 6.07) is 5.96. The van der Waals surface area contributed by atoms with Gasteiger partial charge in [-0.15, -0.1) is 0 Å². The molecule has 24 heavy (non-hydrogen) atoms. The van der Waals surface area contributed by atoms with Crippen molar-refractivity contribution in [3.8, 4) is 0 Å². The molecular weight excluding hydrogens is 306 g/mol. The number of nitrogens with one attached hydrogen (secondary N) is 1. The molecule has 0 bridgehead atoms. The fourth-order valence-corrected chi connectivity index (χ4v) is 4.11. The van der Waals surface area contributed by atoms with E-state index in [1.165, 1.54) is 11.8 Å². The van der Waals surface area contributed by atoms with E-state index in [0.717, 1.165) is 30.2 Å². The van der Waals surface area contributed by atoms with Crippen LogP contribution in [0.2, 0.25) is 0 Å². The van der Waals surface area contributed by atoms with Gasteiger partial charge in [-0.3, -0.25) is 4.79 Å². The third-order valence-electron chi connectivity index (χ3n) is 5.84. The molecule has 1 spiro atoms. The van der Waals surface area contributed by atoms with E-state index in [4.69, 9.17) is 9.15 Å². The highest BCUT2D eigenvalue weighted by Gasteiger charge is 2.55. The third kappa shape index (κ3) is 2.34. The number of furan rings is 1. The van der Waals surface area contributed by atoms with Gasteiger partial charge in [-0.2, -0.15) is 0 Å². The lowest BCUT2D eigenvalue weighted by Crippen LogP contribution is -2.65. The van der Waals surface area contributed by atoms with Crippen LogP contribution in [0, 0.1) is 5.41 Å². The molecule has 1 aromatic carbocycles. The lowest BCUT2D eigenvalue weighted by Gasteiger charge is -2.55. The summed E-state index contributed by atoms with van der Waals surface area (Å²) in [5.41, 5.74) is 2.26. The molecule has 1 aliphatic heterocycles. The van der Waals surface area contributed by atoms with Crippen LogP contribution in [-0.4, -0.2) is 36.4 Å². The zero-order valence-electron chi connectivity index (χ0n) is 13.9. The lowest BCUT2D eigenvalue weighted by molar-refractivity contribution is -0.145. The molecule has 2 aromatic rings. The molecule has 1 saturated carbocycles. The van der Waals surface area contributed by atoms with Crippen LogP contribution < -0.4 is 5.32 Å². The van der Waals surface area contributed by atoms with Crippen LogP contribution in [0.15, 0.2) is 28.9 Å². The van der Waals surface area contributed by atoms with Gasteiger partial charge in [-0.1, -0.05) is 13.0 Å². The molecule has 2 N–H and O–H groups in total. The molecule has 1 amide bonds. The Morgan fingerprint density at radius 2 is 2.17 bits per heavy atom. The van der Waals surface area contributed by atoms with Crippen molar-refractivity contribution >= 4 is 16.9 Å². The first-order chi connectivity index (χ1) is 11.6. The SMILES string of the molecule is CCc1ccc2occ(C(=O)N[C@@H]3C[C@@H](O)C34CCOCC4)c2c1.